The van der Waals surface area contributed by atoms with E-state index in [2.05, 4.69) is 27.2 Å². The van der Waals surface area contributed by atoms with Crippen LogP contribution in [0.2, 0.25) is 0 Å². The van der Waals surface area contributed by atoms with Gasteiger partial charge < -0.3 is 0 Å². The van der Waals surface area contributed by atoms with Crippen molar-refractivity contribution in [2.24, 2.45) is 14.1 Å². The van der Waals surface area contributed by atoms with E-state index in [1.54, 1.807) is 21.8 Å². The summed E-state index contributed by atoms with van der Waals surface area (Å²) in [6, 6.07) is 10.3. The molecule has 1 fully saturated rings. The first kappa shape index (κ1) is 18.1. The molecule has 0 N–H and O–H groups in total. The molecule has 0 unspecified atom stereocenters. The number of hydrogen-bond donors (Lipinski definition) is 0. The summed E-state index contributed by atoms with van der Waals surface area (Å²) in [6.07, 6.45) is 11.3. The predicted molar refractivity (Wildman–Crippen MR) is 109 cm³/mol. The largest absolute Gasteiger partial charge is 0.290 e. The van der Waals surface area contributed by atoms with Gasteiger partial charge in [0.15, 0.2) is 5.78 Å². The van der Waals surface area contributed by atoms with Gasteiger partial charge in [0.25, 0.3) is 0 Å². The summed E-state index contributed by atoms with van der Waals surface area (Å²) < 4.78 is 3.49. The maximum Gasteiger partial charge on any atom is 0.187 e. The molecule has 6 heteroatoms. The Morgan fingerprint density at radius 1 is 0.893 bits per heavy atom. The number of benzene rings is 1. The zero-order valence-electron chi connectivity index (χ0n) is 16.1. The van der Waals surface area contributed by atoms with E-state index in [0.29, 0.717) is 13.1 Å². The average Bonchev–Trinajstić information content (AvgIpc) is 3.27. The molecule has 28 heavy (non-hydrogen) atoms. The van der Waals surface area contributed by atoms with Crippen LogP contribution in [-0.4, -0.2) is 43.3 Å². The van der Waals surface area contributed by atoms with Crippen LogP contribution in [0, 0.1) is 0 Å². The van der Waals surface area contributed by atoms with Crippen molar-refractivity contribution in [3.63, 3.8) is 0 Å². The molecule has 2 aromatic heterocycles. The van der Waals surface area contributed by atoms with Crippen LogP contribution in [-0.2, 0) is 25.4 Å². The first-order valence-corrected chi connectivity index (χ1v) is 9.26. The molecule has 1 aliphatic heterocycles. The second-order valence-electron chi connectivity index (χ2n) is 7.19. The lowest BCUT2D eigenvalue weighted by molar-refractivity contribution is -0.113. The van der Waals surface area contributed by atoms with E-state index in [0.717, 1.165) is 28.8 Å². The number of piperidine rings is 1. The fourth-order valence-electron chi connectivity index (χ4n) is 3.50. The number of rotatable bonds is 4. The molecule has 0 radical (unpaired) electrons. The monoisotopic (exact) mass is 373 g/mol. The van der Waals surface area contributed by atoms with Crippen LogP contribution < -0.4 is 0 Å². The van der Waals surface area contributed by atoms with E-state index in [9.17, 15) is 4.79 Å². The van der Waals surface area contributed by atoms with Crippen LogP contribution >= 0.6 is 0 Å². The van der Waals surface area contributed by atoms with E-state index in [1.807, 2.05) is 56.8 Å². The Morgan fingerprint density at radius 3 is 1.89 bits per heavy atom. The summed E-state index contributed by atoms with van der Waals surface area (Å²) in [5, 5.41) is 8.41. The number of aryl methyl sites for hydroxylation is 2. The van der Waals surface area contributed by atoms with Crippen LogP contribution in [0.4, 0.5) is 0 Å². The van der Waals surface area contributed by atoms with Crippen LogP contribution in [0.5, 0.6) is 0 Å². The second kappa shape index (κ2) is 7.78. The topological polar surface area (TPSA) is 56.0 Å². The lowest BCUT2D eigenvalue weighted by Crippen LogP contribution is -2.37. The molecule has 0 atom stereocenters. The molecule has 3 heterocycles. The number of carbonyl (C=O) groups is 1. The number of Topliss-reactive ketones (excluding diaryl/α,β-unsaturated/α-hetero) is 1. The third-order valence-electron chi connectivity index (χ3n) is 4.75. The minimum absolute atomic E-state index is 0.0945. The molecule has 0 saturated carbocycles. The van der Waals surface area contributed by atoms with Crippen molar-refractivity contribution in [2.45, 2.75) is 6.54 Å². The van der Waals surface area contributed by atoms with Crippen molar-refractivity contribution < 1.29 is 4.79 Å². The number of aromatic nitrogens is 4. The molecule has 1 aliphatic rings. The average molecular weight is 373 g/mol. The van der Waals surface area contributed by atoms with E-state index >= 15 is 0 Å². The van der Waals surface area contributed by atoms with E-state index in [4.69, 9.17) is 0 Å². The van der Waals surface area contributed by atoms with Crippen molar-refractivity contribution >= 4 is 17.9 Å². The predicted octanol–water partition coefficient (Wildman–Crippen LogP) is 2.71. The minimum Gasteiger partial charge on any atom is -0.290 e. The van der Waals surface area contributed by atoms with Gasteiger partial charge in [0.1, 0.15) is 0 Å². The van der Waals surface area contributed by atoms with Gasteiger partial charge in [0, 0.05) is 68.4 Å². The lowest BCUT2D eigenvalue weighted by Gasteiger charge is -2.29. The highest BCUT2D eigenvalue weighted by atomic mass is 16.1. The minimum atomic E-state index is 0.0945. The summed E-state index contributed by atoms with van der Waals surface area (Å²) in [7, 11) is 3.75. The molecule has 6 nitrogen and oxygen atoms in total. The molecule has 1 saturated heterocycles. The Balaban J connectivity index is 1.66. The molecule has 142 valence electrons. The summed E-state index contributed by atoms with van der Waals surface area (Å²) >= 11 is 0. The first-order chi connectivity index (χ1) is 13.6. The number of ketones is 1. The molecule has 0 bridgehead atoms. The van der Waals surface area contributed by atoms with Crippen molar-refractivity contribution in [3.05, 3.63) is 83.0 Å². The first-order valence-electron chi connectivity index (χ1n) is 9.26. The lowest BCUT2D eigenvalue weighted by atomic mass is 9.94. The highest BCUT2D eigenvalue weighted by Gasteiger charge is 2.26. The molecule has 3 aromatic rings. The van der Waals surface area contributed by atoms with Gasteiger partial charge in [-0.2, -0.15) is 10.2 Å². The van der Waals surface area contributed by atoms with Crippen molar-refractivity contribution in [3.8, 4) is 0 Å². The Labute approximate surface area is 164 Å². The van der Waals surface area contributed by atoms with Gasteiger partial charge in [-0.15, -0.1) is 0 Å². The van der Waals surface area contributed by atoms with Crippen molar-refractivity contribution in [1.29, 1.82) is 0 Å². The van der Waals surface area contributed by atoms with Crippen LogP contribution in [0.25, 0.3) is 12.2 Å². The van der Waals surface area contributed by atoms with Crippen LogP contribution in [0.1, 0.15) is 16.7 Å². The Hall–Kier alpha value is -3.25. The van der Waals surface area contributed by atoms with E-state index < -0.39 is 0 Å². The quantitative estimate of drug-likeness (QED) is 0.660. The summed E-state index contributed by atoms with van der Waals surface area (Å²) in [6.45, 7) is 2.03. The highest BCUT2D eigenvalue weighted by molar-refractivity contribution is 6.14. The number of likely N-dealkylation sites (tertiary alicyclic amines) is 1. The van der Waals surface area contributed by atoms with E-state index in [-0.39, 0.29) is 5.78 Å². The van der Waals surface area contributed by atoms with Gasteiger partial charge in [-0.1, -0.05) is 30.3 Å². The van der Waals surface area contributed by atoms with E-state index in [1.165, 1.54) is 5.56 Å². The zero-order valence-corrected chi connectivity index (χ0v) is 16.1. The molecule has 0 spiro atoms. The maximum atomic E-state index is 13.1. The van der Waals surface area contributed by atoms with Crippen LogP contribution in [0.15, 0.2) is 66.3 Å². The summed E-state index contributed by atoms with van der Waals surface area (Å²) in [5.41, 5.74) is 4.68. The molecular formula is C22H23N5O. The Kier molecular flexibility index (Phi) is 5.04. The van der Waals surface area contributed by atoms with Gasteiger partial charge in [-0.25, -0.2) is 0 Å². The van der Waals surface area contributed by atoms with Gasteiger partial charge in [0.2, 0.25) is 0 Å². The normalized spacial score (nSPS) is 18.3. The van der Waals surface area contributed by atoms with Crippen LogP contribution in [0.3, 0.4) is 0 Å². The summed E-state index contributed by atoms with van der Waals surface area (Å²) in [5.74, 6) is 0.0945. The third kappa shape index (κ3) is 4.18. The number of hydrogen-bond acceptors (Lipinski definition) is 4. The molecule has 1 aromatic carbocycles. The Morgan fingerprint density at radius 2 is 1.43 bits per heavy atom. The SMILES string of the molecule is Cn1cc(/C=C2\CN(Cc3ccccc3)C/C(=C\c3cnn(C)c3)C2=O)cn1. The fraction of sp³-hybridized carbons (Fsp3) is 0.227. The second-order valence-corrected chi connectivity index (χ2v) is 7.19. The van der Waals surface area contributed by atoms with Crippen molar-refractivity contribution in [2.75, 3.05) is 13.1 Å². The highest BCUT2D eigenvalue weighted by Crippen LogP contribution is 2.23. The van der Waals surface area contributed by atoms with Gasteiger partial charge in [-0.3, -0.25) is 19.1 Å². The molecule has 0 aliphatic carbocycles. The summed E-state index contributed by atoms with van der Waals surface area (Å²) in [4.78, 5) is 15.4. The van der Waals surface area contributed by atoms with Gasteiger partial charge >= 0.3 is 0 Å². The number of carbonyl (C=O) groups excluding carboxylic acids is 1. The smallest absolute Gasteiger partial charge is 0.187 e. The molecule has 4 rings (SSSR count). The number of nitrogens with zero attached hydrogens (tertiary/aromatic N) is 5. The molecular weight excluding hydrogens is 350 g/mol. The maximum absolute atomic E-state index is 13.1. The van der Waals surface area contributed by atoms with Crippen molar-refractivity contribution in [1.82, 2.24) is 24.5 Å². The standard InChI is InChI=1S/C22H23N5O/c1-25-12-18(10-23-25)8-20-15-27(14-17-6-4-3-5-7-17)16-21(22(20)28)9-19-11-24-26(2)13-19/h3-13H,14-16H2,1-2H3/b20-8+,21-9+. The fourth-order valence-corrected chi connectivity index (χ4v) is 3.50. The van der Waals surface area contributed by atoms with Gasteiger partial charge in [-0.05, 0) is 17.7 Å². The third-order valence-corrected chi connectivity index (χ3v) is 4.75. The van der Waals surface area contributed by atoms with Gasteiger partial charge in [0.05, 0.1) is 12.4 Å². The molecule has 0 amide bonds. The Bertz CT molecular complexity index is 980. The zero-order chi connectivity index (χ0) is 19.5.